The molecule has 2 heterocycles. The minimum atomic E-state index is -1.25. The maximum absolute atomic E-state index is 13.2. The van der Waals surface area contributed by atoms with Crippen molar-refractivity contribution in [2.24, 2.45) is 0 Å². The molecule has 2 saturated heterocycles. The minimum Gasteiger partial charge on any atom is -0.318 e. The van der Waals surface area contributed by atoms with Gasteiger partial charge < -0.3 is 10.2 Å². The van der Waals surface area contributed by atoms with Crippen LogP contribution < -0.4 is 15.6 Å². The lowest BCUT2D eigenvalue weighted by atomic mass is 9.87. The van der Waals surface area contributed by atoms with Crippen LogP contribution in [0, 0.1) is 0 Å². The van der Waals surface area contributed by atoms with E-state index in [-0.39, 0.29) is 11.5 Å². The van der Waals surface area contributed by atoms with E-state index in [0.717, 1.165) is 0 Å². The Bertz CT molecular complexity index is 1070. The molecule has 2 fully saturated rings. The maximum Gasteiger partial charge on any atom is 0.344 e. The van der Waals surface area contributed by atoms with Crippen molar-refractivity contribution in [3.05, 3.63) is 64.7 Å². The summed E-state index contributed by atoms with van der Waals surface area (Å²) in [5, 5.41) is 3.76. The second-order valence-electron chi connectivity index (χ2n) is 7.45. The summed E-state index contributed by atoms with van der Waals surface area (Å²) < 4.78 is 0. The standard InChI is InChI=1S/C22H21ClN4O4/c1-2-22(15-7-4-3-5-8-15)20(30)27(21(31)24-22)25-19(29)14-10-11-16(23)17(13-14)26-12-6-9-18(26)28/h3-5,7-8,10-11,13H,2,6,9,12H2,1H3,(H,24,31)(H,25,29). The number of anilines is 1. The normalized spacial score (nSPS) is 20.9. The first-order valence-corrected chi connectivity index (χ1v) is 10.4. The predicted molar refractivity (Wildman–Crippen MR) is 114 cm³/mol. The second kappa shape index (κ2) is 8.03. The summed E-state index contributed by atoms with van der Waals surface area (Å²) in [6, 6.07) is 12.7. The number of hydrogen-bond donors (Lipinski definition) is 2. The number of hydrogen-bond acceptors (Lipinski definition) is 4. The Kier molecular flexibility index (Phi) is 5.41. The average Bonchev–Trinajstić information content (AvgIpc) is 3.31. The van der Waals surface area contributed by atoms with Crippen molar-refractivity contribution in [1.29, 1.82) is 0 Å². The summed E-state index contributed by atoms with van der Waals surface area (Å²) in [6.07, 6.45) is 1.45. The van der Waals surface area contributed by atoms with Crippen molar-refractivity contribution in [1.82, 2.24) is 15.8 Å². The van der Waals surface area contributed by atoms with E-state index in [1.807, 2.05) is 6.07 Å². The predicted octanol–water partition coefficient (Wildman–Crippen LogP) is 2.97. The summed E-state index contributed by atoms with van der Waals surface area (Å²) in [5.74, 6) is -1.29. The van der Waals surface area contributed by atoms with Crippen LogP contribution in [-0.2, 0) is 15.1 Å². The van der Waals surface area contributed by atoms with Crippen molar-refractivity contribution >= 4 is 41.0 Å². The molecular formula is C22H21ClN4O4. The molecular weight excluding hydrogens is 420 g/mol. The summed E-state index contributed by atoms with van der Waals surface area (Å²) in [4.78, 5) is 52.2. The summed E-state index contributed by atoms with van der Waals surface area (Å²) in [5.41, 5.74) is 2.38. The molecule has 4 rings (SSSR count). The number of carbonyl (C=O) groups excluding carboxylic acids is 4. The Morgan fingerprint density at radius 1 is 1.16 bits per heavy atom. The van der Waals surface area contributed by atoms with E-state index in [1.54, 1.807) is 31.2 Å². The van der Waals surface area contributed by atoms with E-state index in [1.165, 1.54) is 23.1 Å². The van der Waals surface area contributed by atoms with Crippen molar-refractivity contribution in [2.45, 2.75) is 31.7 Å². The monoisotopic (exact) mass is 440 g/mol. The van der Waals surface area contributed by atoms with Gasteiger partial charge in [0.25, 0.3) is 11.8 Å². The summed E-state index contributed by atoms with van der Waals surface area (Å²) in [6.45, 7) is 2.31. The molecule has 2 N–H and O–H groups in total. The highest BCUT2D eigenvalue weighted by atomic mass is 35.5. The number of halogens is 1. The van der Waals surface area contributed by atoms with Crippen LogP contribution >= 0.6 is 11.6 Å². The molecule has 1 atom stereocenters. The summed E-state index contributed by atoms with van der Waals surface area (Å²) in [7, 11) is 0. The molecule has 8 nitrogen and oxygen atoms in total. The number of imide groups is 1. The zero-order valence-electron chi connectivity index (χ0n) is 16.9. The zero-order chi connectivity index (χ0) is 22.2. The fraction of sp³-hybridized carbons (Fsp3) is 0.273. The molecule has 9 heteroatoms. The molecule has 2 aliphatic heterocycles. The number of hydrazine groups is 1. The van der Waals surface area contributed by atoms with Crippen LogP contribution in [0.1, 0.15) is 42.1 Å². The quantitative estimate of drug-likeness (QED) is 0.698. The van der Waals surface area contributed by atoms with Crippen LogP contribution in [0.15, 0.2) is 48.5 Å². The van der Waals surface area contributed by atoms with Crippen LogP contribution in [0.2, 0.25) is 5.02 Å². The molecule has 1 unspecified atom stereocenters. The van der Waals surface area contributed by atoms with Gasteiger partial charge in [-0.2, -0.15) is 5.01 Å². The van der Waals surface area contributed by atoms with Gasteiger partial charge >= 0.3 is 6.03 Å². The number of nitrogens with one attached hydrogen (secondary N) is 2. The van der Waals surface area contributed by atoms with Gasteiger partial charge in [0, 0.05) is 18.5 Å². The fourth-order valence-electron chi connectivity index (χ4n) is 3.97. The Hall–Kier alpha value is -3.39. The van der Waals surface area contributed by atoms with Crippen molar-refractivity contribution in [3.8, 4) is 0 Å². The molecule has 160 valence electrons. The first-order valence-electron chi connectivity index (χ1n) is 10.0. The number of nitrogens with zero attached hydrogens (tertiary/aromatic N) is 2. The van der Waals surface area contributed by atoms with Gasteiger partial charge in [0.05, 0.1) is 10.7 Å². The van der Waals surface area contributed by atoms with Crippen molar-refractivity contribution in [2.75, 3.05) is 11.4 Å². The molecule has 0 bridgehead atoms. The molecule has 31 heavy (non-hydrogen) atoms. The fourth-order valence-corrected chi connectivity index (χ4v) is 4.19. The van der Waals surface area contributed by atoms with E-state index in [9.17, 15) is 19.2 Å². The SMILES string of the molecule is CCC1(c2ccccc2)NC(=O)N(NC(=O)c2ccc(Cl)c(N3CCCC3=O)c2)C1=O. The van der Waals surface area contributed by atoms with Gasteiger partial charge in [-0.1, -0.05) is 48.9 Å². The highest BCUT2D eigenvalue weighted by molar-refractivity contribution is 6.34. The van der Waals surface area contributed by atoms with E-state index < -0.39 is 23.4 Å². The Morgan fingerprint density at radius 3 is 2.55 bits per heavy atom. The van der Waals surface area contributed by atoms with E-state index >= 15 is 0 Å². The number of rotatable bonds is 5. The molecule has 0 saturated carbocycles. The van der Waals surface area contributed by atoms with Gasteiger partial charge in [-0.15, -0.1) is 0 Å². The highest BCUT2D eigenvalue weighted by Crippen LogP contribution is 2.33. The number of benzene rings is 2. The molecule has 0 aromatic heterocycles. The largest absolute Gasteiger partial charge is 0.344 e. The van der Waals surface area contributed by atoms with Crippen LogP contribution in [0.3, 0.4) is 0 Å². The van der Waals surface area contributed by atoms with Crippen LogP contribution in [0.5, 0.6) is 0 Å². The minimum absolute atomic E-state index is 0.0656. The number of carbonyl (C=O) groups is 4. The van der Waals surface area contributed by atoms with Crippen molar-refractivity contribution in [3.63, 3.8) is 0 Å². The lowest BCUT2D eigenvalue weighted by Gasteiger charge is -2.25. The zero-order valence-corrected chi connectivity index (χ0v) is 17.6. The van der Waals surface area contributed by atoms with Gasteiger partial charge in [-0.3, -0.25) is 19.8 Å². The first-order chi connectivity index (χ1) is 14.9. The van der Waals surface area contributed by atoms with Gasteiger partial charge in [0.15, 0.2) is 0 Å². The number of urea groups is 1. The second-order valence-corrected chi connectivity index (χ2v) is 7.86. The summed E-state index contributed by atoms with van der Waals surface area (Å²) >= 11 is 6.23. The van der Waals surface area contributed by atoms with Gasteiger partial charge in [0.2, 0.25) is 5.91 Å². The molecule has 0 aliphatic carbocycles. The molecule has 2 aromatic carbocycles. The van der Waals surface area contributed by atoms with Gasteiger partial charge in [0.1, 0.15) is 5.54 Å². The molecule has 0 radical (unpaired) electrons. The maximum atomic E-state index is 13.2. The molecule has 5 amide bonds. The Balaban J connectivity index is 1.58. The lowest BCUT2D eigenvalue weighted by Crippen LogP contribution is -2.48. The lowest BCUT2D eigenvalue weighted by molar-refractivity contribution is -0.133. The van der Waals surface area contributed by atoms with Crippen molar-refractivity contribution < 1.29 is 19.2 Å². The van der Waals surface area contributed by atoms with Crippen LogP contribution in [-0.4, -0.2) is 35.3 Å². The third kappa shape index (κ3) is 3.53. The third-order valence-corrected chi connectivity index (χ3v) is 5.99. The highest BCUT2D eigenvalue weighted by Gasteiger charge is 2.52. The first kappa shape index (κ1) is 20.9. The van der Waals surface area contributed by atoms with Crippen LogP contribution in [0.4, 0.5) is 10.5 Å². The molecule has 2 aromatic rings. The number of amides is 5. The van der Waals surface area contributed by atoms with Gasteiger partial charge in [-0.25, -0.2) is 4.79 Å². The smallest absolute Gasteiger partial charge is 0.318 e. The third-order valence-electron chi connectivity index (χ3n) is 5.67. The van der Waals surface area contributed by atoms with E-state index in [0.29, 0.717) is 47.1 Å². The van der Waals surface area contributed by atoms with Gasteiger partial charge in [-0.05, 0) is 36.6 Å². The molecule has 2 aliphatic rings. The van der Waals surface area contributed by atoms with E-state index in [4.69, 9.17) is 11.6 Å². The van der Waals surface area contributed by atoms with E-state index in [2.05, 4.69) is 10.7 Å². The Labute approximate surface area is 184 Å². The van der Waals surface area contributed by atoms with Crippen LogP contribution in [0.25, 0.3) is 0 Å². The topological polar surface area (TPSA) is 98.8 Å². The Morgan fingerprint density at radius 2 is 1.90 bits per heavy atom. The average molecular weight is 441 g/mol. The molecule has 0 spiro atoms.